The maximum absolute atomic E-state index is 13.1. The molecule has 0 unspecified atom stereocenters. The molecule has 1 aliphatic heterocycles. The lowest BCUT2D eigenvalue weighted by Crippen LogP contribution is -2.43. The van der Waals surface area contributed by atoms with E-state index in [1.807, 2.05) is 13.0 Å². The molecule has 0 aliphatic carbocycles. The molecule has 0 spiro atoms. The molecule has 8 heteroatoms. The lowest BCUT2D eigenvalue weighted by molar-refractivity contribution is -0.120. The van der Waals surface area contributed by atoms with E-state index in [0.717, 1.165) is 12.1 Å². The summed E-state index contributed by atoms with van der Waals surface area (Å²) >= 11 is 0. The van der Waals surface area contributed by atoms with Crippen molar-refractivity contribution >= 4 is 21.6 Å². The fraction of sp³-hybridized carbons (Fsp3) is 0.350. The zero-order chi connectivity index (χ0) is 20.1. The topological polar surface area (TPSA) is 75.7 Å². The van der Waals surface area contributed by atoms with Gasteiger partial charge in [-0.2, -0.15) is 4.31 Å². The molecule has 1 saturated heterocycles. The van der Waals surface area contributed by atoms with Crippen LogP contribution in [0.4, 0.5) is 10.1 Å². The van der Waals surface area contributed by atoms with Crippen LogP contribution in [-0.2, 0) is 14.8 Å². The van der Waals surface area contributed by atoms with E-state index in [4.69, 9.17) is 4.74 Å². The molecule has 3 rings (SSSR count). The molecular weight excluding hydrogens is 383 g/mol. The SMILES string of the molecule is CCOc1ccccc1NC(=O)[C@@H]1CCCN(S(=O)(=O)c2ccc(F)cc2)C1. The van der Waals surface area contributed by atoms with Crippen molar-refractivity contribution in [1.29, 1.82) is 0 Å². The highest BCUT2D eigenvalue weighted by Crippen LogP contribution is 2.28. The number of sulfonamides is 1. The smallest absolute Gasteiger partial charge is 0.243 e. The predicted molar refractivity (Wildman–Crippen MR) is 104 cm³/mol. The standard InChI is InChI=1S/C20H23FN2O4S/c1-2-27-19-8-4-3-7-18(19)22-20(24)15-6-5-13-23(14-15)28(25,26)17-11-9-16(21)10-12-17/h3-4,7-12,15H,2,5-6,13-14H2,1H3,(H,22,24)/t15-/m1/s1. The maximum atomic E-state index is 13.1. The van der Waals surface area contributed by atoms with Crippen molar-refractivity contribution in [1.82, 2.24) is 4.31 Å². The average molecular weight is 406 g/mol. The van der Waals surface area contributed by atoms with Crippen LogP contribution in [0.25, 0.3) is 0 Å². The summed E-state index contributed by atoms with van der Waals surface area (Å²) in [5.41, 5.74) is 0.563. The van der Waals surface area contributed by atoms with Gasteiger partial charge in [0.1, 0.15) is 11.6 Å². The second-order valence-electron chi connectivity index (χ2n) is 6.57. The molecule has 0 radical (unpaired) electrons. The number of benzene rings is 2. The van der Waals surface area contributed by atoms with E-state index in [2.05, 4.69) is 5.32 Å². The summed E-state index contributed by atoms with van der Waals surface area (Å²) in [6, 6.07) is 11.9. The number of nitrogens with one attached hydrogen (secondary N) is 1. The van der Waals surface area contributed by atoms with Crippen LogP contribution >= 0.6 is 0 Å². The quantitative estimate of drug-likeness (QED) is 0.799. The Hall–Kier alpha value is -2.45. The third-order valence-electron chi connectivity index (χ3n) is 4.65. The summed E-state index contributed by atoms with van der Waals surface area (Å²) in [5.74, 6) is -0.641. The van der Waals surface area contributed by atoms with Crippen molar-refractivity contribution in [3.8, 4) is 5.75 Å². The summed E-state index contributed by atoms with van der Waals surface area (Å²) in [7, 11) is -3.77. The van der Waals surface area contributed by atoms with Crippen LogP contribution in [0.2, 0.25) is 0 Å². The summed E-state index contributed by atoms with van der Waals surface area (Å²) < 4.78 is 45.6. The Bertz CT molecular complexity index is 931. The number of ether oxygens (including phenoxy) is 1. The Labute approximate surface area is 164 Å². The molecule has 1 fully saturated rings. The first-order valence-corrected chi connectivity index (χ1v) is 10.6. The number of carbonyl (C=O) groups excluding carboxylic acids is 1. The molecule has 6 nitrogen and oxygen atoms in total. The number of hydrogen-bond acceptors (Lipinski definition) is 4. The molecule has 1 atom stereocenters. The first-order chi connectivity index (χ1) is 13.4. The van der Waals surface area contributed by atoms with Gasteiger partial charge in [-0.1, -0.05) is 12.1 Å². The number of piperidine rings is 1. The molecule has 150 valence electrons. The Morgan fingerprint density at radius 3 is 2.64 bits per heavy atom. The fourth-order valence-corrected chi connectivity index (χ4v) is 4.74. The maximum Gasteiger partial charge on any atom is 0.243 e. The van der Waals surface area contributed by atoms with Gasteiger partial charge in [-0.3, -0.25) is 4.79 Å². The predicted octanol–water partition coefficient (Wildman–Crippen LogP) is 3.26. The molecular formula is C20H23FN2O4S. The summed E-state index contributed by atoms with van der Waals surface area (Å²) in [5, 5.41) is 2.85. The minimum absolute atomic E-state index is 0.0247. The van der Waals surface area contributed by atoms with Gasteiger partial charge in [0, 0.05) is 13.1 Å². The lowest BCUT2D eigenvalue weighted by Gasteiger charge is -2.31. The molecule has 0 bridgehead atoms. The van der Waals surface area contributed by atoms with Crippen LogP contribution in [0.15, 0.2) is 53.4 Å². The summed E-state index contributed by atoms with van der Waals surface area (Å²) in [6.07, 6.45) is 1.17. The summed E-state index contributed by atoms with van der Waals surface area (Å²) in [4.78, 5) is 12.8. The normalized spacial score (nSPS) is 17.9. The van der Waals surface area contributed by atoms with Gasteiger partial charge in [0.05, 0.1) is 23.1 Å². The molecule has 28 heavy (non-hydrogen) atoms. The van der Waals surface area contributed by atoms with Gasteiger partial charge in [0.2, 0.25) is 15.9 Å². The molecule has 1 N–H and O–H groups in total. The van der Waals surface area contributed by atoms with Gasteiger partial charge in [0.25, 0.3) is 0 Å². The number of carbonyl (C=O) groups is 1. The van der Waals surface area contributed by atoms with Crippen LogP contribution in [0.1, 0.15) is 19.8 Å². The van der Waals surface area contributed by atoms with Gasteiger partial charge in [-0.25, -0.2) is 12.8 Å². The lowest BCUT2D eigenvalue weighted by atomic mass is 9.98. The number of halogens is 1. The van der Waals surface area contributed by atoms with Crippen molar-refractivity contribution in [2.24, 2.45) is 5.92 Å². The van der Waals surface area contributed by atoms with Crippen LogP contribution in [0.5, 0.6) is 5.75 Å². The van der Waals surface area contributed by atoms with Crippen LogP contribution in [0, 0.1) is 11.7 Å². The third-order valence-corrected chi connectivity index (χ3v) is 6.53. The van der Waals surface area contributed by atoms with E-state index in [1.165, 1.54) is 16.4 Å². The molecule has 2 aromatic carbocycles. The molecule has 2 aromatic rings. The first-order valence-electron chi connectivity index (χ1n) is 9.20. The zero-order valence-electron chi connectivity index (χ0n) is 15.6. The molecule has 1 heterocycles. The Morgan fingerprint density at radius 2 is 1.93 bits per heavy atom. The van der Waals surface area contributed by atoms with Crippen molar-refractivity contribution in [3.05, 3.63) is 54.3 Å². The van der Waals surface area contributed by atoms with Gasteiger partial charge >= 0.3 is 0 Å². The number of anilines is 1. The van der Waals surface area contributed by atoms with E-state index in [-0.39, 0.29) is 17.3 Å². The van der Waals surface area contributed by atoms with Gasteiger partial charge in [0.15, 0.2) is 0 Å². The highest BCUT2D eigenvalue weighted by molar-refractivity contribution is 7.89. The van der Waals surface area contributed by atoms with E-state index >= 15 is 0 Å². The molecule has 1 aliphatic rings. The largest absolute Gasteiger partial charge is 0.492 e. The number of amides is 1. The van der Waals surface area contributed by atoms with Gasteiger partial charge < -0.3 is 10.1 Å². The van der Waals surface area contributed by atoms with Crippen LogP contribution in [0.3, 0.4) is 0 Å². The van der Waals surface area contributed by atoms with Crippen LogP contribution < -0.4 is 10.1 Å². The number of hydrogen-bond donors (Lipinski definition) is 1. The van der Waals surface area contributed by atoms with E-state index in [9.17, 15) is 17.6 Å². The fourth-order valence-electron chi connectivity index (χ4n) is 3.22. The van der Waals surface area contributed by atoms with Crippen molar-refractivity contribution < 1.29 is 22.3 Å². The minimum atomic E-state index is -3.77. The van der Waals surface area contributed by atoms with E-state index in [0.29, 0.717) is 37.4 Å². The van der Waals surface area contributed by atoms with Crippen molar-refractivity contribution in [3.63, 3.8) is 0 Å². The average Bonchev–Trinajstić information content (AvgIpc) is 2.70. The third kappa shape index (κ3) is 4.51. The van der Waals surface area contributed by atoms with Gasteiger partial charge in [-0.15, -0.1) is 0 Å². The Kier molecular flexibility index (Phi) is 6.31. The van der Waals surface area contributed by atoms with E-state index < -0.39 is 21.8 Å². The molecule has 0 saturated carbocycles. The summed E-state index contributed by atoms with van der Waals surface area (Å²) in [6.45, 7) is 2.75. The Morgan fingerprint density at radius 1 is 1.21 bits per heavy atom. The van der Waals surface area contributed by atoms with Gasteiger partial charge in [-0.05, 0) is 56.2 Å². The number of para-hydroxylation sites is 2. The second kappa shape index (κ2) is 8.70. The minimum Gasteiger partial charge on any atom is -0.492 e. The van der Waals surface area contributed by atoms with E-state index in [1.54, 1.807) is 18.2 Å². The monoisotopic (exact) mass is 406 g/mol. The zero-order valence-corrected chi connectivity index (χ0v) is 16.4. The highest BCUT2D eigenvalue weighted by atomic mass is 32.2. The van der Waals surface area contributed by atoms with Crippen molar-refractivity contribution in [2.75, 3.05) is 25.0 Å². The second-order valence-corrected chi connectivity index (χ2v) is 8.51. The highest BCUT2D eigenvalue weighted by Gasteiger charge is 2.33. The Balaban J connectivity index is 1.72. The van der Waals surface area contributed by atoms with Crippen molar-refractivity contribution in [2.45, 2.75) is 24.7 Å². The number of nitrogens with zero attached hydrogens (tertiary/aromatic N) is 1. The molecule has 0 aromatic heterocycles. The molecule has 1 amide bonds. The van der Waals surface area contributed by atoms with Crippen LogP contribution in [-0.4, -0.2) is 38.3 Å². The number of rotatable bonds is 6. The first kappa shape index (κ1) is 20.3.